The van der Waals surface area contributed by atoms with Crippen LogP contribution in [0.15, 0.2) is 36.7 Å². The Morgan fingerprint density at radius 3 is 3.00 bits per heavy atom. The molecular formula is C16H22ClFN4. The number of hydrogen-bond acceptors (Lipinski definition) is 3. The molecule has 4 nitrogen and oxygen atoms in total. The molecule has 1 saturated heterocycles. The van der Waals surface area contributed by atoms with Crippen LogP contribution < -0.4 is 5.32 Å². The molecule has 1 aromatic heterocycles. The first kappa shape index (κ1) is 16.9. The summed E-state index contributed by atoms with van der Waals surface area (Å²) >= 11 is 0. The Morgan fingerprint density at radius 1 is 1.41 bits per heavy atom. The number of halogens is 2. The van der Waals surface area contributed by atoms with Crippen molar-refractivity contribution in [3.63, 3.8) is 0 Å². The second-order valence-corrected chi connectivity index (χ2v) is 5.45. The molecular weight excluding hydrogens is 303 g/mol. The quantitative estimate of drug-likeness (QED) is 0.938. The van der Waals surface area contributed by atoms with Crippen molar-refractivity contribution in [2.45, 2.75) is 26.1 Å². The van der Waals surface area contributed by atoms with Crippen LogP contribution in [0.25, 0.3) is 0 Å². The van der Waals surface area contributed by atoms with Gasteiger partial charge in [-0.3, -0.25) is 9.58 Å². The zero-order chi connectivity index (χ0) is 14.7. The van der Waals surface area contributed by atoms with Crippen LogP contribution in [0.1, 0.15) is 24.1 Å². The lowest BCUT2D eigenvalue weighted by Crippen LogP contribution is -2.45. The van der Waals surface area contributed by atoms with Crippen molar-refractivity contribution in [3.05, 3.63) is 53.6 Å². The van der Waals surface area contributed by atoms with Gasteiger partial charge in [-0.1, -0.05) is 12.1 Å². The van der Waals surface area contributed by atoms with Crippen molar-refractivity contribution in [2.75, 3.05) is 19.6 Å². The van der Waals surface area contributed by atoms with Crippen LogP contribution in [-0.4, -0.2) is 34.3 Å². The van der Waals surface area contributed by atoms with Gasteiger partial charge in [0.1, 0.15) is 5.82 Å². The van der Waals surface area contributed by atoms with Crippen LogP contribution in [-0.2, 0) is 13.1 Å². The minimum atomic E-state index is -0.170. The van der Waals surface area contributed by atoms with Gasteiger partial charge < -0.3 is 5.32 Å². The topological polar surface area (TPSA) is 33.1 Å². The first-order valence-corrected chi connectivity index (χ1v) is 7.48. The molecule has 1 fully saturated rings. The maximum Gasteiger partial charge on any atom is 0.123 e. The van der Waals surface area contributed by atoms with Crippen LogP contribution in [0.3, 0.4) is 0 Å². The Labute approximate surface area is 136 Å². The van der Waals surface area contributed by atoms with E-state index in [-0.39, 0.29) is 24.3 Å². The van der Waals surface area contributed by atoms with E-state index in [0.717, 1.165) is 38.3 Å². The second-order valence-electron chi connectivity index (χ2n) is 5.45. The third-order valence-electron chi connectivity index (χ3n) is 3.98. The monoisotopic (exact) mass is 324 g/mol. The van der Waals surface area contributed by atoms with E-state index in [0.29, 0.717) is 0 Å². The molecule has 0 radical (unpaired) electrons. The zero-order valence-corrected chi connectivity index (χ0v) is 13.5. The second kappa shape index (κ2) is 7.72. The molecule has 0 amide bonds. The molecule has 0 spiro atoms. The van der Waals surface area contributed by atoms with Crippen molar-refractivity contribution < 1.29 is 4.39 Å². The number of piperazine rings is 1. The summed E-state index contributed by atoms with van der Waals surface area (Å²) in [5.41, 5.74) is 2.24. The summed E-state index contributed by atoms with van der Waals surface area (Å²) in [6, 6.07) is 7.13. The number of hydrogen-bond donors (Lipinski definition) is 1. The van der Waals surface area contributed by atoms with Gasteiger partial charge in [-0.2, -0.15) is 5.10 Å². The van der Waals surface area contributed by atoms with Gasteiger partial charge in [0.25, 0.3) is 0 Å². The number of aromatic nitrogens is 2. The highest BCUT2D eigenvalue weighted by atomic mass is 35.5. The molecule has 0 aliphatic carbocycles. The summed E-state index contributed by atoms with van der Waals surface area (Å²) in [7, 11) is 0. The Balaban J connectivity index is 0.00000176. The molecule has 1 N–H and O–H groups in total. The Hall–Kier alpha value is -1.43. The molecule has 3 rings (SSSR count). The largest absolute Gasteiger partial charge is 0.314 e. The summed E-state index contributed by atoms with van der Waals surface area (Å²) in [6.07, 6.45) is 4.01. The molecule has 0 saturated carbocycles. The Kier molecular flexibility index (Phi) is 5.94. The van der Waals surface area contributed by atoms with Gasteiger partial charge in [0.15, 0.2) is 0 Å². The summed E-state index contributed by atoms with van der Waals surface area (Å²) < 4.78 is 15.4. The number of aryl methyl sites for hydroxylation is 1. The van der Waals surface area contributed by atoms with Gasteiger partial charge in [-0.15, -0.1) is 12.4 Å². The normalized spacial score (nSPS) is 18.9. The molecule has 2 heterocycles. The first-order chi connectivity index (χ1) is 10.3. The molecule has 1 unspecified atom stereocenters. The summed E-state index contributed by atoms with van der Waals surface area (Å²) in [6.45, 7) is 6.59. The Bertz CT molecular complexity index is 601. The van der Waals surface area contributed by atoms with Gasteiger partial charge in [-0.05, 0) is 24.6 Å². The lowest BCUT2D eigenvalue weighted by Gasteiger charge is -2.36. The van der Waals surface area contributed by atoms with Crippen molar-refractivity contribution in [3.8, 4) is 0 Å². The molecule has 1 atom stereocenters. The molecule has 22 heavy (non-hydrogen) atoms. The van der Waals surface area contributed by atoms with Crippen molar-refractivity contribution >= 4 is 12.4 Å². The van der Waals surface area contributed by atoms with E-state index in [4.69, 9.17) is 0 Å². The SMILES string of the molecule is CCn1cc(CN2CCNCC2c2cccc(F)c2)cn1.Cl. The molecule has 1 aliphatic rings. The van der Waals surface area contributed by atoms with Crippen LogP contribution in [0.2, 0.25) is 0 Å². The lowest BCUT2D eigenvalue weighted by atomic mass is 10.0. The fraction of sp³-hybridized carbons (Fsp3) is 0.438. The van der Waals surface area contributed by atoms with Crippen LogP contribution in [0, 0.1) is 5.82 Å². The fourth-order valence-electron chi connectivity index (χ4n) is 2.87. The highest BCUT2D eigenvalue weighted by Crippen LogP contribution is 2.24. The van der Waals surface area contributed by atoms with Crippen molar-refractivity contribution in [1.29, 1.82) is 0 Å². The smallest absolute Gasteiger partial charge is 0.123 e. The molecule has 120 valence electrons. The maximum absolute atomic E-state index is 13.5. The number of rotatable bonds is 4. The van der Waals surface area contributed by atoms with Crippen molar-refractivity contribution in [2.24, 2.45) is 0 Å². The van der Waals surface area contributed by atoms with E-state index < -0.39 is 0 Å². The van der Waals surface area contributed by atoms with E-state index in [1.807, 2.05) is 16.9 Å². The van der Waals surface area contributed by atoms with Gasteiger partial charge in [0.2, 0.25) is 0 Å². The molecule has 0 bridgehead atoms. The fourth-order valence-corrected chi connectivity index (χ4v) is 2.87. The van der Waals surface area contributed by atoms with E-state index in [1.165, 1.54) is 11.6 Å². The highest BCUT2D eigenvalue weighted by molar-refractivity contribution is 5.85. The maximum atomic E-state index is 13.5. The average Bonchev–Trinajstić information content (AvgIpc) is 2.95. The van der Waals surface area contributed by atoms with E-state index >= 15 is 0 Å². The molecule has 6 heteroatoms. The number of nitrogens with one attached hydrogen (secondary N) is 1. The third kappa shape index (κ3) is 3.85. The van der Waals surface area contributed by atoms with Gasteiger partial charge in [0, 0.05) is 50.5 Å². The lowest BCUT2D eigenvalue weighted by molar-refractivity contribution is 0.153. The third-order valence-corrected chi connectivity index (χ3v) is 3.98. The summed E-state index contributed by atoms with van der Waals surface area (Å²) in [5, 5.41) is 7.73. The molecule has 1 aliphatic heterocycles. The predicted octanol–water partition coefficient (Wildman–Crippen LogP) is 2.61. The van der Waals surface area contributed by atoms with Crippen LogP contribution in [0.4, 0.5) is 4.39 Å². The van der Waals surface area contributed by atoms with E-state index in [1.54, 1.807) is 12.1 Å². The molecule has 1 aromatic carbocycles. The van der Waals surface area contributed by atoms with Gasteiger partial charge in [0.05, 0.1) is 6.20 Å². The van der Waals surface area contributed by atoms with Crippen LogP contribution in [0.5, 0.6) is 0 Å². The predicted molar refractivity (Wildman–Crippen MR) is 87.6 cm³/mol. The Morgan fingerprint density at radius 2 is 2.27 bits per heavy atom. The summed E-state index contributed by atoms with van der Waals surface area (Å²) in [4.78, 5) is 2.39. The van der Waals surface area contributed by atoms with Crippen LogP contribution >= 0.6 is 12.4 Å². The number of benzene rings is 1. The average molecular weight is 325 g/mol. The van der Waals surface area contributed by atoms with Crippen molar-refractivity contribution in [1.82, 2.24) is 20.0 Å². The first-order valence-electron chi connectivity index (χ1n) is 7.48. The highest BCUT2D eigenvalue weighted by Gasteiger charge is 2.24. The standard InChI is InChI=1S/C16H21FN4.ClH/c1-2-21-12-13(9-19-21)11-20-7-6-18-10-16(20)14-4-3-5-15(17)8-14;/h3-5,8-9,12,16,18H,2,6-7,10-11H2,1H3;1H. The van der Waals surface area contributed by atoms with E-state index in [9.17, 15) is 4.39 Å². The summed E-state index contributed by atoms with van der Waals surface area (Å²) in [5.74, 6) is -0.170. The van der Waals surface area contributed by atoms with Gasteiger partial charge >= 0.3 is 0 Å². The zero-order valence-electron chi connectivity index (χ0n) is 12.7. The van der Waals surface area contributed by atoms with E-state index in [2.05, 4.69) is 28.4 Å². The van der Waals surface area contributed by atoms with Gasteiger partial charge in [-0.25, -0.2) is 4.39 Å². The number of nitrogens with zero attached hydrogens (tertiary/aromatic N) is 3. The minimum Gasteiger partial charge on any atom is -0.314 e. The molecule has 2 aromatic rings. The minimum absolute atomic E-state index is 0.